The first kappa shape index (κ1) is 21.6. The Morgan fingerprint density at radius 1 is 1.31 bits per heavy atom. The predicted molar refractivity (Wildman–Crippen MR) is 96.9 cm³/mol. The second-order valence-electron chi connectivity index (χ2n) is 7.46. The fourth-order valence-corrected chi connectivity index (χ4v) is 5.70. The highest BCUT2D eigenvalue weighted by Crippen LogP contribution is 2.52. The Kier molecular flexibility index (Phi) is 5.19. The first-order chi connectivity index (χ1) is 13.2. The van der Waals surface area contributed by atoms with Crippen molar-refractivity contribution in [3.63, 3.8) is 0 Å². The first-order valence-electron chi connectivity index (χ1n) is 8.31. The number of hydrogen-bond acceptors (Lipinski definition) is 4. The molecule has 1 N–H and O–H groups in total. The van der Waals surface area contributed by atoms with Crippen LogP contribution in [-0.2, 0) is 16.9 Å². The fraction of sp³-hybridized carbons (Fsp3) is 0.412. The van der Waals surface area contributed by atoms with Gasteiger partial charge in [0.2, 0.25) is 5.92 Å². The largest absolute Gasteiger partial charge is 0.343 e. The summed E-state index contributed by atoms with van der Waals surface area (Å²) in [4.78, 5) is 15.1. The molecule has 0 spiro atoms. The summed E-state index contributed by atoms with van der Waals surface area (Å²) in [5.41, 5.74) is -2.23. The van der Waals surface area contributed by atoms with Crippen molar-refractivity contribution in [3.8, 4) is 0 Å². The number of nitrogens with zero attached hydrogens (tertiary/aromatic N) is 2. The number of alkyl halides is 2. The maximum atomic E-state index is 14.8. The van der Waals surface area contributed by atoms with Crippen LogP contribution in [0.3, 0.4) is 0 Å². The van der Waals surface area contributed by atoms with E-state index in [1.165, 1.54) is 14.0 Å². The number of carbonyl (C=O) groups is 1. The summed E-state index contributed by atoms with van der Waals surface area (Å²) in [5.74, 6) is -7.13. The lowest BCUT2D eigenvalue weighted by atomic mass is 9.69. The summed E-state index contributed by atoms with van der Waals surface area (Å²) in [5, 5.41) is 1.59. The molecule has 0 unspecified atom stereocenters. The van der Waals surface area contributed by atoms with E-state index < -0.39 is 73.1 Å². The van der Waals surface area contributed by atoms with E-state index in [0.717, 1.165) is 23.0 Å². The molecule has 1 fully saturated rings. The molecule has 0 aliphatic heterocycles. The molecule has 158 valence electrons. The summed E-state index contributed by atoms with van der Waals surface area (Å²) >= 11 is 5.52. The van der Waals surface area contributed by atoms with Crippen LogP contribution in [-0.4, -0.2) is 35.6 Å². The van der Waals surface area contributed by atoms with Gasteiger partial charge in [-0.2, -0.15) is 0 Å². The van der Waals surface area contributed by atoms with Gasteiger partial charge in [-0.05, 0) is 11.5 Å². The SMILES string of the molecule is Cn1cc(S(=O)(=O)CC2(C)CC(F)(F)C2)c(F)c1C(=O)Nc1ccnc(Cl)c1F. The molecule has 6 nitrogen and oxygen atoms in total. The zero-order valence-corrected chi connectivity index (χ0v) is 16.8. The maximum Gasteiger partial charge on any atom is 0.275 e. The molecular weight excluding hydrogens is 438 g/mol. The number of aryl methyl sites for hydroxylation is 1. The molecule has 0 radical (unpaired) electrons. The number of nitrogens with one attached hydrogen (secondary N) is 1. The molecule has 2 heterocycles. The monoisotopic (exact) mass is 453 g/mol. The summed E-state index contributed by atoms with van der Waals surface area (Å²) in [6.45, 7) is 1.38. The van der Waals surface area contributed by atoms with Crippen LogP contribution in [0.1, 0.15) is 30.3 Å². The molecule has 0 atom stereocenters. The van der Waals surface area contributed by atoms with Gasteiger partial charge in [-0.15, -0.1) is 0 Å². The van der Waals surface area contributed by atoms with Gasteiger partial charge in [0.1, 0.15) is 10.6 Å². The van der Waals surface area contributed by atoms with E-state index in [9.17, 15) is 30.8 Å². The Balaban J connectivity index is 1.88. The van der Waals surface area contributed by atoms with Gasteiger partial charge >= 0.3 is 0 Å². The first-order valence-corrected chi connectivity index (χ1v) is 10.3. The van der Waals surface area contributed by atoms with E-state index in [1.807, 2.05) is 0 Å². The Labute approximate surface area is 168 Å². The van der Waals surface area contributed by atoms with Crippen LogP contribution in [0.5, 0.6) is 0 Å². The van der Waals surface area contributed by atoms with Crippen LogP contribution in [0, 0.1) is 17.0 Å². The molecule has 0 bridgehead atoms. The van der Waals surface area contributed by atoms with Gasteiger partial charge < -0.3 is 9.88 Å². The topological polar surface area (TPSA) is 81.1 Å². The lowest BCUT2D eigenvalue weighted by molar-refractivity contribution is -0.144. The highest BCUT2D eigenvalue weighted by molar-refractivity contribution is 7.91. The molecule has 3 rings (SSSR count). The standard InChI is InChI=1S/C17H16ClF4N3O3S/c1-16(6-17(21,22)7-16)8-29(27,28)10-5-25(2)13(12(10)20)15(26)24-9-3-4-23-14(18)11(9)19/h3-5H,6-8H2,1-2H3,(H,23,24,26). The summed E-state index contributed by atoms with van der Waals surface area (Å²) in [6, 6.07) is 1.09. The zero-order chi connectivity index (χ0) is 21.8. The Hall–Kier alpha value is -2.14. The number of amides is 1. The van der Waals surface area contributed by atoms with Crippen LogP contribution >= 0.6 is 11.6 Å². The number of pyridine rings is 1. The normalized spacial score (nSPS) is 17.6. The molecule has 0 aromatic carbocycles. The minimum absolute atomic E-state index is 0.371. The number of sulfone groups is 1. The summed E-state index contributed by atoms with van der Waals surface area (Å²) in [7, 11) is -3.07. The van der Waals surface area contributed by atoms with Crippen molar-refractivity contribution in [2.75, 3.05) is 11.1 Å². The number of carbonyl (C=O) groups excluding carboxylic acids is 1. The number of aromatic nitrogens is 2. The molecule has 29 heavy (non-hydrogen) atoms. The van der Waals surface area contributed by atoms with Crippen molar-refractivity contribution in [2.45, 2.75) is 30.6 Å². The zero-order valence-electron chi connectivity index (χ0n) is 15.3. The molecule has 1 aliphatic carbocycles. The van der Waals surface area contributed by atoms with Crippen molar-refractivity contribution < 1.29 is 30.8 Å². The Morgan fingerprint density at radius 2 is 1.93 bits per heavy atom. The fourth-order valence-electron chi connectivity index (χ4n) is 3.58. The van der Waals surface area contributed by atoms with E-state index in [2.05, 4.69) is 10.3 Å². The molecule has 2 aromatic rings. The van der Waals surface area contributed by atoms with Crippen molar-refractivity contribution in [2.24, 2.45) is 12.5 Å². The summed E-state index contributed by atoms with van der Waals surface area (Å²) in [6.07, 6.45) is 0.759. The molecule has 1 aliphatic rings. The summed E-state index contributed by atoms with van der Waals surface area (Å²) < 4.78 is 81.2. The highest BCUT2D eigenvalue weighted by atomic mass is 35.5. The van der Waals surface area contributed by atoms with E-state index in [4.69, 9.17) is 11.6 Å². The van der Waals surface area contributed by atoms with Crippen LogP contribution < -0.4 is 5.32 Å². The average Bonchev–Trinajstić information content (AvgIpc) is 2.84. The molecular formula is C17H16ClF4N3O3S. The maximum absolute atomic E-state index is 14.8. The van der Waals surface area contributed by atoms with Gasteiger partial charge in [-0.25, -0.2) is 31.0 Å². The number of hydrogen-bond donors (Lipinski definition) is 1. The second-order valence-corrected chi connectivity index (χ2v) is 9.78. The Bertz CT molecular complexity index is 1090. The van der Waals surface area contributed by atoms with Crippen LogP contribution in [0.2, 0.25) is 5.15 Å². The van der Waals surface area contributed by atoms with Crippen LogP contribution in [0.25, 0.3) is 0 Å². The molecule has 1 amide bonds. The molecule has 2 aromatic heterocycles. The quantitative estimate of drug-likeness (QED) is 0.551. The third-order valence-electron chi connectivity index (χ3n) is 4.64. The number of halogens is 5. The van der Waals surface area contributed by atoms with E-state index in [-0.39, 0.29) is 5.69 Å². The van der Waals surface area contributed by atoms with Gasteiger partial charge in [0.05, 0.1) is 11.4 Å². The van der Waals surface area contributed by atoms with Crippen molar-refractivity contribution in [3.05, 3.63) is 40.9 Å². The van der Waals surface area contributed by atoms with E-state index in [0.29, 0.717) is 0 Å². The average molecular weight is 454 g/mol. The third-order valence-corrected chi connectivity index (χ3v) is 6.94. The van der Waals surface area contributed by atoms with Gasteiger partial charge in [-0.1, -0.05) is 18.5 Å². The van der Waals surface area contributed by atoms with Gasteiger partial charge in [0.25, 0.3) is 5.91 Å². The minimum Gasteiger partial charge on any atom is -0.343 e. The van der Waals surface area contributed by atoms with Crippen LogP contribution in [0.4, 0.5) is 23.2 Å². The lowest BCUT2D eigenvalue weighted by Gasteiger charge is -2.44. The van der Waals surface area contributed by atoms with Crippen molar-refractivity contribution >= 4 is 33.0 Å². The van der Waals surface area contributed by atoms with Crippen molar-refractivity contribution in [1.29, 1.82) is 0 Å². The molecule has 1 saturated carbocycles. The smallest absolute Gasteiger partial charge is 0.275 e. The highest BCUT2D eigenvalue weighted by Gasteiger charge is 2.55. The van der Waals surface area contributed by atoms with Crippen LogP contribution in [0.15, 0.2) is 23.4 Å². The second kappa shape index (κ2) is 6.98. The van der Waals surface area contributed by atoms with Crippen molar-refractivity contribution in [1.82, 2.24) is 9.55 Å². The van der Waals surface area contributed by atoms with Gasteiger partial charge in [-0.3, -0.25) is 4.79 Å². The molecule has 0 saturated heterocycles. The molecule has 12 heteroatoms. The lowest BCUT2D eigenvalue weighted by Crippen LogP contribution is -2.47. The van der Waals surface area contributed by atoms with Gasteiger partial charge in [0, 0.05) is 32.3 Å². The van der Waals surface area contributed by atoms with E-state index >= 15 is 0 Å². The number of anilines is 1. The number of rotatable bonds is 5. The minimum atomic E-state index is -4.30. The third kappa shape index (κ3) is 4.11. The van der Waals surface area contributed by atoms with E-state index in [1.54, 1.807) is 0 Å². The Morgan fingerprint density at radius 3 is 2.52 bits per heavy atom. The predicted octanol–water partition coefficient (Wildman–Crippen LogP) is 3.81. The van der Waals surface area contributed by atoms with Gasteiger partial charge in [0.15, 0.2) is 26.6 Å².